The van der Waals surface area contributed by atoms with Gasteiger partial charge in [-0.15, -0.1) is 0 Å². The van der Waals surface area contributed by atoms with Crippen molar-refractivity contribution < 1.29 is 18.3 Å². The average molecular weight is 270 g/mol. The van der Waals surface area contributed by atoms with E-state index >= 15 is 0 Å². The summed E-state index contributed by atoms with van der Waals surface area (Å²) in [4.78, 5) is 3.97. The van der Waals surface area contributed by atoms with Crippen LogP contribution < -0.4 is 0 Å². The minimum atomic E-state index is -4.37. The third-order valence-electron chi connectivity index (χ3n) is 2.84. The molecule has 0 aliphatic rings. The van der Waals surface area contributed by atoms with Gasteiger partial charge in [-0.2, -0.15) is 13.2 Å². The Hall–Kier alpha value is -1.82. The highest BCUT2D eigenvalue weighted by Gasteiger charge is 2.30. The zero-order chi connectivity index (χ0) is 14.0. The van der Waals surface area contributed by atoms with Gasteiger partial charge in [0.25, 0.3) is 0 Å². The first-order chi connectivity index (χ1) is 8.88. The van der Waals surface area contributed by atoms with E-state index in [0.717, 1.165) is 12.1 Å². The summed E-state index contributed by atoms with van der Waals surface area (Å²) in [6.45, 7) is 0. The van der Waals surface area contributed by atoms with Crippen LogP contribution in [0.1, 0.15) is 23.1 Å². The largest absolute Gasteiger partial charge is 0.416 e. The molecule has 19 heavy (non-hydrogen) atoms. The number of hydrogen-bond donors (Lipinski definition) is 1. The number of benzene rings is 1. The first-order valence-corrected chi connectivity index (χ1v) is 5.69. The maximum absolute atomic E-state index is 12.6. The van der Waals surface area contributed by atoms with Gasteiger partial charge in [-0.05, 0) is 11.6 Å². The molecule has 3 nitrogen and oxygen atoms in total. The number of alkyl halides is 3. The predicted octanol–water partition coefficient (Wildman–Crippen LogP) is 2.72. The van der Waals surface area contributed by atoms with E-state index in [1.165, 1.54) is 12.3 Å². The lowest BCUT2D eigenvalue weighted by atomic mass is 10.0. The van der Waals surface area contributed by atoms with Gasteiger partial charge in [0.15, 0.2) is 0 Å². The molecule has 1 aromatic heterocycles. The molecular formula is C13H13F3N2O. The SMILES string of the molecule is Cn1ccnc1C(O)Cc1cccc(C(F)(F)F)c1. The summed E-state index contributed by atoms with van der Waals surface area (Å²) in [7, 11) is 1.72. The van der Waals surface area contributed by atoms with Gasteiger partial charge >= 0.3 is 6.18 Å². The second kappa shape index (κ2) is 5.05. The van der Waals surface area contributed by atoms with Gasteiger partial charge in [0.05, 0.1) is 5.56 Å². The number of rotatable bonds is 3. The Morgan fingerprint density at radius 2 is 2.11 bits per heavy atom. The molecule has 0 aliphatic carbocycles. The van der Waals surface area contributed by atoms with Crippen molar-refractivity contribution in [2.24, 2.45) is 7.05 Å². The monoisotopic (exact) mass is 270 g/mol. The normalized spacial score (nSPS) is 13.5. The Morgan fingerprint density at radius 3 is 2.68 bits per heavy atom. The first-order valence-electron chi connectivity index (χ1n) is 5.69. The van der Waals surface area contributed by atoms with Crippen LogP contribution in [-0.4, -0.2) is 14.7 Å². The van der Waals surface area contributed by atoms with Crippen LogP contribution in [-0.2, 0) is 19.6 Å². The van der Waals surface area contributed by atoms with E-state index in [1.54, 1.807) is 23.9 Å². The molecule has 1 heterocycles. The fraction of sp³-hybridized carbons (Fsp3) is 0.308. The lowest BCUT2D eigenvalue weighted by Crippen LogP contribution is -2.10. The molecule has 2 aromatic rings. The second-order valence-electron chi connectivity index (χ2n) is 4.31. The summed E-state index contributed by atoms with van der Waals surface area (Å²) in [6, 6.07) is 4.95. The highest BCUT2D eigenvalue weighted by molar-refractivity contribution is 5.26. The van der Waals surface area contributed by atoms with Crippen LogP contribution in [0.25, 0.3) is 0 Å². The number of aliphatic hydroxyl groups is 1. The minimum Gasteiger partial charge on any atom is -0.385 e. The van der Waals surface area contributed by atoms with Crippen LogP contribution in [0.5, 0.6) is 0 Å². The van der Waals surface area contributed by atoms with Gasteiger partial charge in [0.2, 0.25) is 0 Å². The molecule has 6 heteroatoms. The van der Waals surface area contributed by atoms with Gasteiger partial charge in [0.1, 0.15) is 11.9 Å². The molecular weight excluding hydrogens is 257 g/mol. The molecule has 1 unspecified atom stereocenters. The maximum Gasteiger partial charge on any atom is 0.416 e. The summed E-state index contributed by atoms with van der Waals surface area (Å²) in [5.74, 6) is 0.428. The van der Waals surface area contributed by atoms with Gasteiger partial charge in [-0.1, -0.05) is 18.2 Å². The zero-order valence-corrected chi connectivity index (χ0v) is 10.2. The molecule has 0 aliphatic heterocycles. The van der Waals surface area contributed by atoms with E-state index in [0.29, 0.717) is 11.4 Å². The van der Waals surface area contributed by atoms with Crippen molar-refractivity contribution in [3.63, 3.8) is 0 Å². The van der Waals surface area contributed by atoms with E-state index in [4.69, 9.17) is 0 Å². The molecule has 0 saturated heterocycles. The third kappa shape index (κ3) is 3.14. The maximum atomic E-state index is 12.6. The van der Waals surface area contributed by atoms with Crippen LogP contribution in [0.3, 0.4) is 0 Å². The Balaban J connectivity index is 2.18. The third-order valence-corrected chi connectivity index (χ3v) is 2.84. The van der Waals surface area contributed by atoms with Crippen LogP contribution in [0, 0.1) is 0 Å². The number of aliphatic hydroxyl groups excluding tert-OH is 1. The number of hydrogen-bond acceptors (Lipinski definition) is 2. The fourth-order valence-electron chi connectivity index (χ4n) is 1.89. The zero-order valence-electron chi connectivity index (χ0n) is 10.2. The highest BCUT2D eigenvalue weighted by atomic mass is 19.4. The van der Waals surface area contributed by atoms with Crippen molar-refractivity contribution in [1.82, 2.24) is 9.55 Å². The number of nitrogens with zero attached hydrogens (tertiary/aromatic N) is 2. The molecule has 0 radical (unpaired) electrons. The Bertz CT molecular complexity index is 563. The smallest absolute Gasteiger partial charge is 0.385 e. The topological polar surface area (TPSA) is 38.0 Å². The molecule has 102 valence electrons. The Kier molecular flexibility index (Phi) is 3.61. The minimum absolute atomic E-state index is 0.0920. The second-order valence-corrected chi connectivity index (χ2v) is 4.31. The lowest BCUT2D eigenvalue weighted by molar-refractivity contribution is -0.137. The van der Waals surface area contributed by atoms with E-state index in [-0.39, 0.29) is 6.42 Å². The Morgan fingerprint density at radius 1 is 1.37 bits per heavy atom. The highest BCUT2D eigenvalue weighted by Crippen LogP contribution is 2.30. The molecule has 1 atom stereocenters. The van der Waals surface area contributed by atoms with Crippen LogP contribution in [0.2, 0.25) is 0 Å². The van der Waals surface area contributed by atoms with Crippen molar-refractivity contribution in [2.75, 3.05) is 0 Å². The van der Waals surface area contributed by atoms with Crippen molar-refractivity contribution in [3.05, 3.63) is 53.6 Å². The van der Waals surface area contributed by atoms with Crippen molar-refractivity contribution in [3.8, 4) is 0 Å². The van der Waals surface area contributed by atoms with E-state index in [9.17, 15) is 18.3 Å². The molecule has 0 bridgehead atoms. The predicted molar refractivity (Wildman–Crippen MR) is 63.3 cm³/mol. The number of aromatic nitrogens is 2. The lowest BCUT2D eigenvalue weighted by Gasteiger charge is -2.12. The fourth-order valence-corrected chi connectivity index (χ4v) is 1.89. The van der Waals surface area contributed by atoms with Gasteiger partial charge < -0.3 is 9.67 Å². The quantitative estimate of drug-likeness (QED) is 0.931. The average Bonchev–Trinajstić information content (AvgIpc) is 2.75. The van der Waals surface area contributed by atoms with Crippen molar-refractivity contribution >= 4 is 0 Å². The molecule has 0 spiro atoms. The van der Waals surface area contributed by atoms with E-state index in [1.807, 2.05) is 0 Å². The summed E-state index contributed by atoms with van der Waals surface area (Å²) in [5, 5.41) is 9.97. The van der Waals surface area contributed by atoms with E-state index in [2.05, 4.69) is 4.98 Å². The van der Waals surface area contributed by atoms with Gasteiger partial charge in [0, 0.05) is 25.9 Å². The molecule has 0 amide bonds. The number of aryl methyl sites for hydroxylation is 1. The number of halogens is 3. The summed E-state index contributed by atoms with van der Waals surface area (Å²) in [5.41, 5.74) is -0.289. The molecule has 0 saturated carbocycles. The summed E-state index contributed by atoms with van der Waals surface area (Å²) < 4.78 is 39.3. The van der Waals surface area contributed by atoms with Crippen LogP contribution in [0.15, 0.2) is 36.7 Å². The molecule has 2 rings (SSSR count). The van der Waals surface area contributed by atoms with Crippen LogP contribution >= 0.6 is 0 Å². The van der Waals surface area contributed by atoms with Gasteiger partial charge in [-0.25, -0.2) is 4.98 Å². The summed E-state index contributed by atoms with van der Waals surface area (Å²) >= 11 is 0. The van der Waals surface area contributed by atoms with Crippen LogP contribution in [0.4, 0.5) is 13.2 Å². The number of imidazole rings is 1. The molecule has 1 aromatic carbocycles. The van der Waals surface area contributed by atoms with Crippen molar-refractivity contribution in [1.29, 1.82) is 0 Å². The molecule has 0 fully saturated rings. The first kappa shape index (κ1) is 13.6. The van der Waals surface area contributed by atoms with Gasteiger partial charge in [-0.3, -0.25) is 0 Å². The Labute approximate surface area is 108 Å². The summed E-state index contributed by atoms with van der Waals surface area (Å²) in [6.07, 6.45) is -2.00. The van der Waals surface area contributed by atoms with Crippen molar-refractivity contribution in [2.45, 2.75) is 18.7 Å². The van der Waals surface area contributed by atoms with E-state index < -0.39 is 17.8 Å². The molecule has 1 N–H and O–H groups in total. The standard InChI is InChI=1S/C13H13F3N2O/c1-18-6-5-17-12(18)11(19)8-9-3-2-4-10(7-9)13(14,15)16/h2-7,11,19H,8H2,1H3.